The zero-order valence-corrected chi connectivity index (χ0v) is 11.9. The second-order valence-electron chi connectivity index (χ2n) is 4.22. The number of hydrogen-bond donors (Lipinski definition) is 0. The van der Waals surface area contributed by atoms with Gasteiger partial charge in [-0.05, 0) is 35.9 Å². The Kier molecular flexibility index (Phi) is 4.56. The van der Waals surface area contributed by atoms with Crippen LogP contribution in [0.15, 0.2) is 36.4 Å². The third-order valence-corrected chi connectivity index (χ3v) is 3.42. The number of nitrogens with zero attached hydrogens (tertiary/aromatic N) is 1. The highest BCUT2D eigenvalue weighted by Crippen LogP contribution is 2.30. The Morgan fingerprint density at radius 2 is 1.86 bits per heavy atom. The Morgan fingerprint density at radius 1 is 1.14 bits per heavy atom. The summed E-state index contributed by atoms with van der Waals surface area (Å²) in [6.07, 6.45) is 0. The van der Waals surface area contributed by atoms with Crippen LogP contribution in [0, 0.1) is 23.0 Å². The van der Waals surface area contributed by atoms with Crippen molar-refractivity contribution in [3.05, 3.63) is 69.2 Å². The van der Waals surface area contributed by atoms with E-state index in [9.17, 15) is 18.8 Å². The topological polar surface area (TPSA) is 40.9 Å². The van der Waals surface area contributed by atoms with E-state index in [2.05, 4.69) is 0 Å². The summed E-state index contributed by atoms with van der Waals surface area (Å²) >= 11 is 11.7. The molecule has 2 nitrogen and oxygen atoms in total. The smallest absolute Gasteiger partial charge is 0.187 e. The second kappa shape index (κ2) is 6.21. The molecule has 21 heavy (non-hydrogen) atoms. The number of hydrogen-bond acceptors (Lipinski definition) is 2. The first-order chi connectivity index (χ1) is 9.93. The Balaban J connectivity index is 2.49. The predicted molar refractivity (Wildman–Crippen MR) is 75.5 cm³/mol. The fourth-order valence-electron chi connectivity index (χ4n) is 1.85. The van der Waals surface area contributed by atoms with Gasteiger partial charge in [0.15, 0.2) is 5.78 Å². The lowest BCUT2D eigenvalue weighted by atomic mass is 9.91. The van der Waals surface area contributed by atoms with Crippen molar-refractivity contribution in [1.29, 1.82) is 5.26 Å². The summed E-state index contributed by atoms with van der Waals surface area (Å²) in [7, 11) is 0. The quantitative estimate of drug-likeness (QED) is 0.763. The van der Waals surface area contributed by atoms with Crippen LogP contribution in [-0.2, 0) is 0 Å². The fraction of sp³-hybridized carbons (Fsp3) is 0.0667. The van der Waals surface area contributed by atoms with Crippen LogP contribution in [0.5, 0.6) is 0 Å². The highest BCUT2D eigenvalue weighted by Gasteiger charge is 2.26. The number of carbonyl (C=O) groups is 1. The van der Waals surface area contributed by atoms with Crippen LogP contribution in [0.25, 0.3) is 0 Å². The molecule has 2 aromatic rings. The van der Waals surface area contributed by atoms with Crippen molar-refractivity contribution in [2.45, 2.75) is 5.92 Å². The van der Waals surface area contributed by atoms with Crippen molar-refractivity contribution < 1.29 is 13.6 Å². The summed E-state index contributed by atoms with van der Waals surface area (Å²) < 4.78 is 26.8. The van der Waals surface area contributed by atoms with Crippen molar-refractivity contribution in [3.63, 3.8) is 0 Å². The maximum absolute atomic E-state index is 13.6. The zero-order valence-electron chi connectivity index (χ0n) is 10.4. The third-order valence-electron chi connectivity index (χ3n) is 2.86. The molecule has 1 unspecified atom stereocenters. The molecule has 0 spiro atoms. The van der Waals surface area contributed by atoms with Crippen molar-refractivity contribution in [1.82, 2.24) is 0 Å². The van der Waals surface area contributed by atoms with Gasteiger partial charge in [0.2, 0.25) is 0 Å². The molecule has 1 atom stereocenters. The third kappa shape index (κ3) is 3.21. The molecule has 0 bridgehead atoms. The number of nitriles is 1. The molecule has 0 aliphatic rings. The van der Waals surface area contributed by atoms with Crippen molar-refractivity contribution in [2.75, 3.05) is 0 Å². The number of carbonyl (C=O) groups excluding carboxylic acids is 1. The Hall–Kier alpha value is -1.96. The van der Waals surface area contributed by atoms with E-state index >= 15 is 0 Å². The first-order valence-corrected chi connectivity index (χ1v) is 6.53. The van der Waals surface area contributed by atoms with E-state index < -0.39 is 28.9 Å². The van der Waals surface area contributed by atoms with Gasteiger partial charge in [-0.1, -0.05) is 29.3 Å². The van der Waals surface area contributed by atoms with Crippen LogP contribution >= 0.6 is 23.2 Å². The molecule has 0 heterocycles. The largest absolute Gasteiger partial charge is 0.292 e. The molecule has 2 aromatic carbocycles. The molecule has 0 amide bonds. The highest BCUT2D eigenvalue weighted by molar-refractivity contribution is 6.35. The number of Topliss-reactive ketones (excluding diaryl/α,β-unsaturated/α-hetero) is 1. The van der Waals surface area contributed by atoms with Gasteiger partial charge in [0, 0.05) is 10.0 Å². The molecule has 0 aliphatic heterocycles. The Morgan fingerprint density at radius 3 is 2.48 bits per heavy atom. The van der Waals surface area contributed by atoms with Crippen molar-refractivity contribution >= 4 is 29.0 Å². The average molecular weight is 326 g/mol. The molecule has 0 aromatic heterocycles. The van der Waals surface area contributed by atoms with E-state index in [1.54, 1.807) is 6.07 Å². The summed E-state index contributed by atoms with van der Waals surface area (Å²) in [4.78, 5) is 12.3. The van der Waals surface area contributed by atoms with Crippen LogP contribution in [-0.4, -0.2) is 5.78 Å². The highest BCUT2D eigenvalue weighted by atomic mass is 35.5. The summed E-state index contributed by atoms with van der Waals surface area (Å²) in [5.74, 6) is -3.87. The van der Waals surface area contributed by atoms with Crippen LogP contribution in [0.1, 0.15) is 21.8 Å². The molecule has 0 saturated carbocycles. The van der Waals surface area contributed by atoms with Crippen molar-refractivity contribution in [3.8, 4) is 6.07 Å². The minimum atomic E-state index is -1.34. The molecule has 0 fully saturated rings. The molecular weight excluding hydrogens is 319 g/mol. The standard InChI is InChI=1S/C15H7Cl2F2NO/c16-8-1-3-10(13(17)5-8)12(7-20)15(21)11-6-9(18)2-4-14(11)19/h1-6,12H. The van der Waals surface area contributed by atoms with E-state index in [1.807, 2.05) is 0 Å². The lowest BCUT2D eigenvalue weighted by Crippen LogP contribution is -2.14. The van der Waals surface area contributed by atoms with Gasteiger partial charge >= 0.3 is 0 Å². The van der Waals surface area contributed by atoms with Gasteiger partial charge in [-0.3, -0.25) is 4.79 Å². The minimum absolute atomic E-state index is 0.110. The average Bonchev–Trinajstić information content (AvgIpc) is 2.44. The number of ketones is 1. The summed E-state index contributed by atoms with van der Waals surface area (Å²) in [5.41, 5.74) is -0.301. The SMILES string of the molecule is N#CC(C(=O)c1cc(F)ccc1F)c1ccc(Cl)cc1Cl. The van der Waals surface area contributed by atoms with E-state index in [0.29, 0.717) is 5.02 Å². The molecule has 0 radical (unpaired) electrons. The lowest BCUT2D eigenvalue weighted by Gasteiger charge is -2.11. The maximum Gasteiger partial charge on any atom is 0.187 e. The van der Waals surface area contributed by atoms with E-state index in [-0.39, 0.29) is 10.6 Å². The van der Waals surface area contributed by atoms with Gasteiger partial charge in [-0.25, -0.2) is 8.78 Å². The molecule has 0 aliphatic carbocycles. The molecule has 0 saturated heterocycles. The van der Waals surface area contributed by atoms with Crippen LogP contribution < -0.4 is 0 Å². The summed E-state index contributed by atoms with van der Waals surface area (Å²) in [6.45, 7) is 0. The lowest BCUT2D eigenvalue weighted by molar-refractivity contribution is 0.0974. The normalized spacial score (nSPS) is 11.8. The van der Waals surface area contributed by atoms with Crippen molar-refractivity contribution in [2.24, 2.45) is 0 Å². The van der Waals surface area contributed by atoms with Gasteiger partial charge in [0.25, 0.3) is 0 Å². The molecule has 6 heteroatoms. The van der Waals surface area contributed by atoms with Crippen LogP contribution in [0.3, 0.4) is 0 Å². The van der Waals surface area contributed by atoms with Crippen LogP contribution in [0.2, 0.25) is 10.0 Å². The van der Waals surface area contributed by atoms with Gasteiger partial charge < -0.3 is 0 Å². The molecule has 106 valence electrons. The van der Waals surface area contributed by atoms with E-state index in [4.69, 9.17) is 23.2 Å². The zero-order chi connectivity index (χ0) is 15.6. The molecule has 2 rings (SSSR count). The second-order valence-corrected chi connectivity index (χ2v) is 5.06. The minimum Gasteiger partial charge on any atom is -0.292 e. The van der Waals surface area contributed by atoms with Gasteiger partial charge in [-0.2, -0.15) is 5.26 Å². The van der Waals surface area contributed by atoms with E-state index in [1.165, 1.54) is 18.2 Å². The maximum atomic E-state index is 13.6. The summed E-state index contributed by atoms with van der Waals surface area (Å²) in [5, 5.41) is 9.63. The van der Waals surface area contributed by atoms with E-state index in [0.717, 1.165) is 18.2 Å². The van der Waals surface area contributed by atoms with Gasteiger partial charge in [-0.15, -0.1) is 0 Å². The first-order valence-electron chi connectivity index (χ1n) is 5.78. The monoisotopic (exact) mass is 325 g/mol. The van der Waals surface area contributed by atoms with Gasteiger partial charge in [0.1, 0.15) is 17.6 Å². The Bertz CT molecular complexity index is 756. The Labute approximate surface area is 129 Å². The predicted octanol–water partition coefficient (Wildman–Crippen LogP) is 4.76. The molecule has 0 N–H and O–H groups in total. The fourth-order valence-corrected chi connectivity index (χ4v) is 2.36. The molecular formula is C15H7Cl2F2NO. The number of rotatable bonds is 3. The number of benzene rings is 2. The summed E-state index contributed by atoms with van der Waals surface area (Å²) in [6, 6.07) is 8.48. The first kappa shape index (κ1) is 15.4. The van der Waals surface area contributed by atoms with Gasteiger partial charge in [0.05, 0.1) is 11.6 Å². The van der Waals surface area contributed by atoms with Crippen LogP contribution in [0.4, 0.5) is 8.78 Å². The number of halogens is 4.